The summed E-state index contributed by atoms with van der Waals surface area (Å²) in [6, 6.07) is 3.59. The molecule has 0 saturated carbocycles. The minimum absolute atomic E-state index is 0.0902. The number of phenolic OH excluding ortho intramolecular Hbond substituents is 2. The average molecular weight is 239 g/mol. The van der Waals surface area contributed by atoms with Gasteiger partial charge < -0.3 is 20.6 Å². The Balaban J connectivity index is 2.63. The number of aliphatic hydroxyl groups is 1. The van der Waals surface area contributed by atoms with Gasteiger partial charge in [0.25, 0.3) is 0 Å². The van der Waals surface area contributed by atoms with E-state index in [0.717, 1.165) is 6.07 Å². The van der Waals surface area contributed by atoms with Crippen LogP contribution in [0.5, 0.6) is 11.5 Å². The van der Waals surface area contributed by atoms with E-state index < -0.39 is 17.4 Å². The first kappa shape index (κ1) is 13.0. The zero-order valence-corrected chi connectivity index (χ0v) is 9.01. The van der Waals surface area contributed by atoms with Crippen LogP contribution in [0.3, 0.4) is 0 Å². The molecule has 0 aliphatic heterocycles. The molecule has 0 spiro atoms. The second-order valence-corrected chi connectivity index (χ2v) is 3.38. The van der Waals surface area contributed by atoms with Gasteiger partial charge in [0, 0.05) is 12.1 Å². The fourth-order valence-electron chi connectivity index (χ4n) is 1.20. The Bertz CT molecular complexity index is 430. The molecule has 17 heavy (non-hydrogen) atoms. The summed E-state index contributed by atoms with van der Waals surface area (Å²) >= 11 is 0. The number of Topliss-reactive ketones (excluding diaryl/α,β-unsaturated/α-hetero) is 1. The van der Waals surface area contributed by atoms with E-state index in [9.17, 15) is 14.7 Å². The number of hydrogen-bond acceptors (Lipinski definition) is 5. The first-order valence-corrected chi connectivity index (χ1v) is 4.97. The molecule has 0 atom stereocenters. The molecule has 0 saturated heterocycles. The highest BCUT2D eigenvalue weighted by Crippen LogP contribution is 2.25. The van der Waals surface area contributed by atoms with Crippen molar-refractivity contribution in [3.63, 3.8) is 0 Å². The lowest BCUT2D eigenvalue weighted by molar-refractivity contribution is -0.120. The van der Waals surface area contributed by atoms with Crippen molar-refractivity contribution < 1.29 is 24.9 Å². The largest absolute Gasteiger partial charge is 0.504 e. The quantitative estimate of drug-likeness (QED) is 0.323. The van der Waals surface area contributed by atoms with Crippen molar-refractivity contribution in [1.82, 2.24) is 5.32 Å². The van der Waals surface area contributed by atoms with Gasteiger partial charge in [-0.2, -0.15) is 0 Å². The summed E-state index contributed by atoms with van der Waals surface area (Å²) in [6.45, 7) is -0.104. The van der Waals surface area contributed by atoms with Gasteiger partial charge in [0.2, 0.25) is 5.91 Å². The van der Waals surface area contributed by atoms with E-state index in [1.54, 1.807) is 0 Å². The number of aromatic hydroxyl groups is 2. The predicted octanol–water partition coefficient (Wildman–Crippen LogP) is -0.221. The van der Waals surface area contributed by atoms with Crippen LogP contribution < -0.4 is 5.32 Å². The number of aliphatic hydroxyl groups excluding tert-OH is 1. The number of rotatable bonds is 5. The van der Waals surface area contributed by atoms with Gasteiger partial charge in [-0.3, -0.25) is 9.59 Å². The summed E-state index contributed by atoms with van der Waals surface area (Å²) in [7, 11) is 0. The van der Waals surface area contributed by atoms with E-state index in [4.69, 9.17) is 10.2 Å². The van der Waals surface area contributed by atoms with Gasteiger partial charge in [0.05, 0.1) is 13.0 Å². The highest BCUT2D eigenvalue weighted by atomic mass is 16.3. The highest BCUT2D eigenvalue weighted by Gasteiger charge is 2.13. The summed E-state index contributed by atoms with van der Waals surface area (Å²) < 4.78 is 0. The minimum atomic E-state index is -0.503. The van der Waals surface area contributed by atoms with Crippen LogP contribution in [0.4, 0.5) is 0 Å². The molecule has 0 bridgehead atoms. The Morgan fingerprint density at radius 2 is 1.88 bits per heavy atom. The van der Waals surface area contributed by atoms with Crippen LogP contribution >= 0.6 is 0 Å². The molecule has 0 radical (unpaired) electrons. The Labute approximate surface area is 97.5 Å². The molecule has 4 N–H and O–H groups in total. The lowest BCUT2D eigenvalue weighted by Crippen LogP contribution is -2.28. The third-order valence-electron chi connectivity index (χ3n) is 2.05. The van der Waals surface area contributed by atoms with Gasteiger partial charge in [-0.25, -0.2) is 0 Å². The number of phenols is 2. The van der Waals surface area contributed by atoms with Crippen LogP contribution in [-0.4, -0.2) is 40.2 Å². The molecule has 1 aromatic carbocycles. The van der Waals surface area contributed by atoms with Crippen molar-refractivity contribution in [2.45, 2.75) is 6.42 Å². The molecule has 0 heterocycles. The van der Waals surface area contributed by atoms with Crippen LogP contribution in [0, 0.1) is 0 Å². The zero-order chi connectivity index (χ0) is 12.8. The summed E-state index contributed by atoms with van der Waals surface area (Å²) in [6.07, 6.45) is -0.371. The fourth-order valence-corrected chi connectivity index (χ4v) is 1.20. The smallest absolute Gasteiger partial charge is 0.227 e. The molecule has 0 aliphatic rings. The third-order valence-corrected chi connectivity index (χ3v) is 2.05. The molecule has 1 amide bonds. The normalized spacial score (nSPS) is 9.94. The Hall–Kier alpha value is -2.08. The molecule has 6 nitrogen and oxygen atoms in total. The van der Waals surface area contributed by atoms with Crippen LogP contribution in [0.15, 0.2) is 18.2 Å². The summed E-state index contributed by atoms with van der Waals surface area (Å²) in [5, 5.41) is 29.1. The number of carbonyl (C=O) groups excluding carboxylic acids is 2. The number of hydrogen-bond donors (Lipinski definition) is 4. The van der Waals surface area contributed by atoms with Gasteiger partial charge in [-0.1, -0.05) is 0 Å². The van der Waals surface area contributed by atoms with E-state index >= 15 is 0 Å². The Kier molecular flexibility index (Phi) is 4.47. The van der Waals surface area contributed by atoms with Crippen molar-refractivity contribution in [2.24, 2.45) is 0 Å². The molecule has 6 heteroatoms. The Morgan fingerprint density at radius 1 is 1.18 bits per heavy atom. The molecule has 1 rings (SSSR count). The maximum absolute atomic E-state index is 11.6. The highest BCUT2D eigenvalue weighted by molar-refractivity contribution is 6.07. The number of nitrogens with one attached hydrogen (secondary N) is 1. The van der Waals surface area contributed by atoms with Crippen molar-refractivity contribution in [2.75, 3.05) is 13.2 Å². The van der Waals surface area contributed by atoms with Crippen molar-refractivity contribution in [3.05, 3.63) is 23.8 Å². The third kappa shape index (κ3) is 3.76. The maximum atomic E-state index is 11.6. The fraction of sp³-hybridized carbons (Fsp3) is 0.273. The van der Waals surface area contributed by atoms with Crippen molar-refractivity contribution in [3.8, 4) is 11.5 Å². The minimum Gasteiger partial charge on any atom is -0.504 e. The van der Waals surface area contributed by atoms with E-state index in [-0.39, 0.29) is 30.9 Å². The van der Waals surface area contributed by atoms with Gasteiger partial charge in [-0.05, 0) is 18.2 Å². The lowest BCUT2D eigenvalue weighted by Gasteiger charge is -2.04. The van der Waals surface area contributed by atoms with Crippen LogP contribution in [0.1, 0.15) is 16.8 Å². The van der Waals surface area contributed by atoms with E-state index in [0.29, 0.717) is 0 Å². The van der Waals surface area contributed by atoms with E-state index in [2.05, 4.69) is 5.32 Å². The monoisotopic (exact) mass is 239 g/mol. The number of carbonyl (C=O) groups is 2. The first-order valence-electron chi connectivity index (χ1n) is 4.97. The summed E-state index contributed by atoms with van der Waals surface area (Å²) in [5.41, 5.74) is 0.138. The lowest BCUT2D eigenvalue weighted by atomic mass is 10.1. The molecule has 0 aromatic heterocycles. The predicted molar refractivity (Wildman–Crippen MR) is 58.8 cm³/mol. The van der Waals surface area contributed by atoms with Crippen LogP contribution in [0.2, 0.25) is 0 Å². The molecule has 0 fully saturated rings. The van der Waals surface area contributed by atoms with Gasteiger partial charge in [0.1, 0.15) is 0 Å². The number of amides is 1. The SMILES string of the molecule is O=C(CC(=O)c1ccc(O)c(O)c1)NCCO. The first-order chi connectivity index (χ1) is 8.04. The topological polar surface area (TPSA) is 107 Å². The van der Waals surface area contributed by atoms with Crippen LogP contribution in [-0.2, 0) is 4.79 Å². The number of benzene rings is 1. The van der Waals surface area contributed by atoms with Crippen molar-refractivity contribution in [1.29, 1.82) is 0 Å². The molecule has 92 valence electrons. The van der Waals surface area contributed by atoms with Crippen molar-refractivity contribution >= 4 is 11.7 Å². The zero-order valence-electron chi connectivity index (χ0n) is 9.01. The molecule has 0 unspecified atom stereocenters. The summed E-state index contributed by atoms with van der Waals surface area (Å²) in [4.78, 5) is 22.7. The number of ketones is 1. The second-order valence-electron chi connectivity index (χ2n) is 3.38. The molecule has 0 aliphatic carbocycles. The van der Waals surface area contributed by atoms with Gasteiger partial charge in [0.15, 0.2) is 17.3 Å². The average Bonchev–Trinajstić information content (AvgIpc) is 2.30. The van der Waals surface area contributed by atoms with Gasteiger partial charge in [-0.15, -0.1) is 0 Å². The maximum Gasteiger partial charge on any atom is 0.227 e. The molecule has 1 aromatic rings. The van der Waals surface area contributed by atoms with E-state index in [1.165, 1.54) is 12.1 Å². The summed E-state index contributed by atoms with van der Waals surface area (Å²) in [5.74, 6) is -1.72. The molecular formula is C11H13NO5. The van der Waals surface area contributed by atoms with E-state index in [1.807, 2.05) is 0 Å². The van der Waals surface area contributed by atoms with Crippen LogP contribution in [0.25, 0.3) is 0 Å². The van der Waals surface area contributed by atoms with Gasteiger partial charge >= 0.3 is 0 Å². The standard InChI is InChI=1S/C11H13NO5/c13-4-3-12-11(17)6-9(15)7-1-2-8(14)10(16)5-7/h1-2,5,13-14,16H,3-4,6H2,(H,12,17). The second kappa shape index (κ2) is 5.86. The Morgan fingerprint density at radius 3 is 2.47 bits per heavy atom. The molecular weight excluding hydrogens is 226 g/mol.